The highest BCUT2D eigenvalue weighted by Gasteiger charge is 2.49. The van der Waals surface area contributed by atoms with Crippen LogP contribution in [0.25, 0.3) is 21.8 Å². The molecule has 0 radical (unpaired) electrons. The number of primary amides is 1. The van der Waals surface area contributed by atoms with E-state index in [2.05, 4.69) is 58.2 Å². The lowest BCUT2D eigenvalue weighted by molar-refractivity contribution is -0.149. The van der Waals surface area contributed by atoms with Gasteiger partial charge < -0.3 is 129 Å². The fraction of sp³-hybridized carbons (Fsp3) is 0.571. The predicted molar refractivity (Wildman–Crippen MR) is 522 cm³/mol. The quantitative estimate of drug-likeness (QED) is 0.0254. The number of unbranched alkanes of at least 4 members (excludes halogenated alkanes) is 9. The third kappa shape index (κ3) is 31.1. The van der Waals surface area contributed by atoms with Gasteiger partial charge in [0.25, 0.3) is 5.91 Å². The SMILES string of the molecule is CCCC[C@H]1C(=O)N(C)[C@@H](CCCC)C(=O)N[C@@H](CC(C)C)C(=O)N[C@H](C(=O)NCCCCCCCCCCC(=O)O)CSCC(=O)N[C@@H](Cc2ccc(O)cc2)C(=O)N(C)[C@@H](C)C(=O)N[C@H]2CC(N)=C3CC[C@@H](C(=O)N[C@@H](CO)C(=O)N[C@@H](CCC(N)=O)C(=O)N4C[C@H](O)C[C@H]4C(=O)N[C@@H](Cc4c[nH]c5ccccc45)C(=O)N[C@@H](CO)C(=O)N[C@@H](Cc4cn(CC(=O)O)c5ccccc45)C(=O)N1C)N3C2=O. The summed E-state index contributed by atoms with van der Waals surface area (Å²) in [6.45, 7) is 5.27. The highest BCUT2D eigenvalue weighted by atomic mass is 32.2. The molecule has 9 rings (SSSR count). The standard InChI is InChI=1S/C98H139N19O24S/c1-9-11-28-77-91(134)105-67(41-55(3)4)87(130)111-74(86(129)101-40-24-18-16-14-13-15-17-19-31-83(124)125)53-142-54-82(123)103-69(42-57-32-34-60(120)35-33-57)94(137)112(6)56(5)85(128)107-71-46-64(99)76-37-38-78(117(76)97(71)140)92(135)110-73(52-119)89(132)104-66(36-39-81(100)122)96(139)116-49-61(121)45-80(116)93(136)106-68(43-58-47-102-65-27-22-20-25-62(58)65)88(131)109-72(51-118)90(133)108-70(95(138)114(8)79(29-12-10-2)98(141)113(77)7)44-59-48-115(50-84(126)127)75-30-23-21-26-63(59)75/h20-23,25-27,30,32-35,47-48,55-56,61,66-74,77-80,102,118-121H,9-19,24,28-29,31,36-46,49-54,99H2,1-8H3,(H2,100,122)(H,101,129)(H,103,123)(H,104,132)(H,105,134)(H,106,136)(H,107,128)(H,108,133)(H,109,131)(H,110,135)(H,111,130)(H,124,125)(H,126,127)/t56-,61+,66-,67-,68-,69-,70-,71-,72-,73-,74-,77-,78-,79-,80-/m0/s1. The van der Waals surface area contributed by atoms with Crippen LogP contribution in [-0.2, 0) is 112 Å². The Hall–Kier alpha value is -13.2. The number of carbonyl (C=O) groups is 18. The van der Waals surface area contributed by atoms with E-state index in [1.54, 1.807) is 68.6 Å². The number of thioether (sulfide) groups is 1. The van der Waals surface area contributed by atoms with Crippen molar-refractivity contribution in [3.8, 4) is 5.75 Å². The zero-order valence-electron chi connectivity index (χ0n) is 81.7. The lowest BCUT2D eigenvalue weighted by atomic mass is 9.99. The number of nitrogens with two attached hydrogens (primary N) is 2. The molecule has 44 heteroatoms. The molecule has 0 saturated carbocycles. The zero-order valence-corrected chi connectivity index (χ0v) is 82.5. The molecular weight excluding hydrogens is 1860 g/mol. The maximum atomic E-state index is 15.9. The minimum atomic E-state index is -1.99. The first-order chi connectivity index (χ1) is 67.7. The second-order valence-corrected chi connectivity index (χ2v) is 38.4. The highest BCUT2D eigenvalue weighted by Crippen LogP contribution is 2.36. The number of amides is 16. The number of nitrogens with one attached hydrogen (secondary N) is 11. The summed E-state index contributed by atoms with van der Waals surface area (Å²) >= 11 is 0.896. The first-order valence-electron chi connectivity index (χ1n) is 48.7. The van der Waals surface area contributed by atoms with Crippen LogP contribution in [0.3, 0.4) is 0 Å². The van der Waals surface area contributed by atoms with Crippen LogP contribution < -0.4 is 64.6 Å². The Bertz CT molecular complexity index is 5360. The number of phenolic OH excluding ortho intramolecular Hbond substituents is 1. The lowest BCUT2D eigenvalue weighted by Crippen LogP contribution is -2.62. The van der Waals surface area contributed by atoms with E-state index in [9.17, 15) is 73.5 Å². The largest absolute Gasteiger partial charge is 0.508 e. The third-order valence-corrected chi connectivity index (χ3v) is 27.3. The Labute approximate surface area is 827 Å². The number of carboxylic acid groups (broad SMARTS) is 2. The Balaban J connectivity index is 1.09. The minimum absolute atomic E-state index is 0.0103. The van der Waals surface area contributed by atoms with Crippen LogP contribution in [-0.4, -0.2) is 321 Å². The van der Waals surface area contributed by atoms with Gasteiger partial charge in [0.05, 0.1) is 25.1 Å². The van der Waals surface area contributed by atoms with E-state index in [0.717, 1.165) is 63.5 Å². The molecule has 6 heterocycles. The van der Waals surface area contributed by atoms with E-state index in [1.165, 1.54) is 68.0 Å². The number of aliphatic hydroxyl groups excluding tert-OH is 3. The number of hydrogen-bond donors (Lipinski definition) is 19. The number of aromatic amines is 1. The number of likely N-dealkylation sites (N-methyl/N-ethyl adjacent to an activating group) is 3. The number of aromatic hydroxyl groups is 1. The number of carbonyl (C=O) groups excluding carboxylic acids is 16. The van der Waals surface area contributed by atoms with E-state index in [1.807, 2.05) is 13.8 Å². The van der Waals surface area contributed by atoms with Gasteiger partial charge in [-0.05, 0) is 105 Å². The maximum absolute atomic E-state index is 15.9. The van der Waals surface area contributed by atoms with Gasteiger partial charge in [0, 0.05) is 131 Å². The van der Waals surface area contributed by atoms with Gasteiger partial charge in [-0.1, -0.05) is 140 Å². The van der Waals surface area contributed by atoms with Crippen molar-refractivity contribution >= 4 is 140 Å². The molecule has 4 aliphatic heterocycles. The molecule has 15 atom stereocenters. The summed E-state index contributed by atoms with van der Waals surface area (Å²) in [5.74, 6) is -18.3. The van der Waals surface area contributed by atoms with Gasteiger partial charge >= 0.3 is 11.9 Å². The second-order valence-electron chi connectivity index (χ2n) is 37.4. The second kappa shape index (κ2) is 54.1. The van der Waals surface area contributed by atoms with Crippen molar-refractivity contribution in [2.24, 2.45) is 17.4 Å². The van der Waals surface area contributed by atoms with Gasteiger partial charge in [0.1, 0.15) is 96.9 Å². The molecule has 43 nitrogen and oxygen atoms in total. The molecule has 3 fully saturated rings. The smallest absolute Gasteiger partial charge is 0.323 e. The molecule has 16 amide bonds. The molecule has 776 valence electrons. The number of aliphatic hydroxyl groups is 3. The van der Waals surface area contributed by atoms with E-state index in [4.69, 9.17) is 16.6 Å². The fourth-order valence-electron chi connectivity index (χ4n) is 18.2. The zero-order chi connectivity index (χ0) is 104. The van der Waals surface area contributed by atoms with Gasteiger partial charge in [0.2, 0.25) is 88.6 Å². The Morgan fingerprint density at radius 2 is 1.10 bits per heavy atom. The molecule has 0 unspecified atom stereocenters. The summed E-state index contributed by atoms with van der Waals surface area (Å²) in [7, 11) is 3.95. The number of fused-ring (bicyclic) bond motifs is 4. The molecule has 5 aromatic rings. The van der Waals surface area contributed by atoms with Crippen molar-refractivity contribution in [3.63, 3.8) is 0 Å². The number of H-pyrrole nitrogens is 1. The summed E-state index contributed by atoms with van der Waals surface area (Å²) < 4.78 is 1.41. The van der Waals surface area contributed by atoms with Crippen LogP contribution in [0.4, 0.5) is 0 Å². The molecule has 4 aliphatic rings. The summed E-state index contributed by atoms with van der Waals surface area (Å²) in [5.41, 5.74) is 14.6. The number of rotatable bonds is 33. The van der Waals surface area contributed by atoms with Gasteiger partial charge in [0.15, 0.2) is 0 Å². The summed E-state index contributed by atoms with van der Waals surface area (Å²) in [6, 6.07) is -3.11. The Kier molecular flexibility index (Phi) is 42.8. The number of benzene rings is 3. The Morgan fingerprint density at radius 3 is 1.74 bits per heavy atom. The number of hydrogen-bond acceptors (Lipinski definition) is 24. The van der Waals surface area contributed by atoms with Crippen LogP contribution in [0, 0.1) is 5.92 Å². The van der Waals surface area contributed by atoms with Crippen molar-refractivity contribution in [1.82, 2.24) is 87.2 Å². The van der Waals surface area contributed by atoms with Crippen molar-refractivity contribution in [3.05, 3.63) is 113 Å². The molecule has 2 aromatic heterocycles. The molecular formula is C98H139N19O24S. The molecule has 2 bridgehead atoms. The monoisotopic (exact) mass is 2000 g/mol. The van der Waals surface area contributed by atoms with Gasteiger partial charge in [-0.25, -0.2) is 0 Å². The number of allylic oxidation sites excluding steroid dienone is 1. The van der Waals surface area contributed by atoms with Gasteiger partial charge in [-0.15, -0.1) is 11.8 Å². The maximum Gasteiger partial charge on any atom is 0.323 e. The lowest BCUT2D eigenvalue weighted by Gasteiger charge is -2.36. The number of para-hydroxylation sites is 2. The number of aliphatic carboxylic acids is 2. The molecule has 21 N–H and O–H groups in total. The van der Waals surface area contributed by atoms with Crippen molar-refractivity contribution in [1.29, 1.82) is 0 Å². The first-order valence-corrected chi connectivity index (χ1v) is 49.8. The molecule has 3 aromatic carbocycles. The third-order valence-electron chi connectivity index (χ3n) is 26.2. The predicted octanol–water partition coefficient (Wildman–Crippen LogP) is 0.467. The van der Waals surface area contributed by atoms with Crippen LogP contribution in [0.15, 0.2) is 96.6 Å². The average molecular weight is 2000 g/mol. The van der Waals surface area contributed by atoms with E-state index in [0.29, 0.717) is 83.4 Å². The van der Waals surface area contributed by atoms with Crippen LogP contribution in [0.5, 0.6) is 5.75 Å². The molecule has 0 spiro atoms. The van der Waals surface area contributed by atoms with Crippen molar-refractivity contribution in [2.45, 2.75) is 292 Å². The van der Waals surface area contributed by atoms with Gasteiger partial charge in [-0.3, -0.25) is 86.3 Å². The number of carboxylic acids is 2. The number of nitrogens with zero attached hydrogens (tertiary/aromatic N) is 6. The number of aromatic nitrogens is 2. The minimum Gasteiger partial charge on any atom is -0.508 e. The fourth-order valence-corrected chi connectivity index (χ4v) is 19.1. The first kappa shape index (κ1) is 112. The summed E-state index contributed by atoms with van der Waals surface area (Å²) in [6.07, 6.45) is 6.07. The average Bonchev–Trinajstić information content (AvgIpc) is 1.52. The number of phenols is 1. The molecule has 0 aliphatic carbocycles. The summed E-state index contributed by atoms with van der Waals surface area (Å²) in [5, 5.41) is 90.7. The van der Waals surface area contributed by atoms with Crippen molar-refractivity contribution in [2.75, 3.05) is 59.0 Å². The van der Waals surface area contributed by atoms with Gasteiger partial charge in [-0.2, -0.15) is 0 Å². The van der Waals surface area contributed by atoms with Crippen molar-refractivity contribution < 1.29 is 117 Å². The van der Waals surface area contributed by atoms with Crippen LogP contribution in [0.2, 0.25) is 0 Å². The normalized spacial score (nSPS) is 24.5. The van der Waals surface area contributed by atoms with Crippen LogP contribution in [0.1, 0.15) is 193 Å². The van der Waals surface area contributed by atoms with E-state index in [-0.39, 0.29) is 93.1 Å². The summed E-state index contributed by atoms with van der Waals surface area (Å²) in [4.78, 5) is 270. The molecule has 142 heavy (non-hydrogen) atoms. The molecule has 3 saturated heterocycles. The topological polar surface area (TPSA) is 638 Å². The van der Waals surface area contributed by atoms with Crippen LogP contribution >= 0.6 is 11.8 Å². The van der Waals surface area contributed by atoms with E-state index < -0.39 is 255 Å². The van der Waals surface area contributed by atoms with E-state index >= 15 is 38.4 Å². The highest BCUT2D eigenvalue weighted by molar-refractivity contribution is 8.00. The Morgan fingerprint density at radius 1 is 0.542 bits per heavy atom.